The molecule has 0 radical (unpaired) electrons. The van der Waals surface area contributed by atoms with E-state index in [1.807, 2.05) is 0 Å². The number of aliphatic carboxylic acids is 1. The normalized spacial score (nSPS) is 16.2. The zero-order chi connectivity index (χ0) is 12.3. The molecule has 6 heteroatoms. The van der Waals surface area contributed by atoms with E-state index in [0.717, 1.165) is 5.56 Å². The van der Waals surface area contributed by atoms with E-state index < -0.39 is 11.4 Å². The topological polar surface area (TPSA) is 91.6 Å². The van der Waals surface area contributed by atoms with Crippen molar-refractivity contribution in [2.75, 3.05) is 6.54 Å². The molecule has 3 N–H and O–H groups in total. The molecule has 6 nitrogen and oxygen atoms in total. The fourth-order valence-electron chi connectivity index (χ4n) is 1.50. The first-order valence-electron chi connectivity index (χ1n) is 5.39. The van der Waals surface area contributed by atoms with E-state index in [2.05, 4.69) is 10.6 Å². The molecule has 1 saturated carbocycles. The van der Waals surface area contributed by atoms with Crippen molar-refractivity contribution >= 4 is 12.0 Å². The number of carboxylic acid groups (broad SMARTS) is 1. The molecule has 1 aliphatic rings. The van der Waals surface area contributed by atoms with Gasteiger partial charge in [0, 0.05) is 18.7 Å². The van der Waals surface area contributed by atoms with E-state index in [-0.39, 0.29) is 12.6 Å². The Bertz CT molecular complexity index is 409. The van der Waals surface area contributed by atoms with Gasteiger partial charge in [-0.15, -0.1) is 0 Å². The maximum absolute atomic E-state index is 11.4. The summed E-state index contributed by atoms with van der Waals surface area (Å²) in [5, 5.41) is 14.1. The number of furan rings is 1. The second-order valence-corrected chi connectivity index (χ2v) is 4.25. The van der Waals surface area contributed by atoms with Gasteiger partial charge in [0.1, 0.15) is 0 Å². The Morgan fingerprint density at radius 1 is 1.41 bits per heavy atom. The van der Waals surface area contributed by atoms with Crippen LogP contribution >= 0.6 is 0 Å². The lowest BCUT2D eigenvalue weighted by Gasteiger charge is -2.11. The number of rotatable bonds is 5. The summed E-state index contributed by atoms with van der Waals surface area (Å²) in [7, 11) is 0. The first-order valence-corrected chi connectivity index (χ1v) is 5.39. The standard InChI is InChI=1S/C11H14N2O4/c14-9(15)11(2-3-11)7-13-10(16)12-5-8-1-4-17-6-8/h1,4,6H,2-3,5,7H2,(H,14,15)(H2,12,13,16). The smallest absolute Gasteiger partial charge is 0.315 e. The third-order valence-electron chi connectivity index (χ3n) is 2.93. The Kier molecular flexibility index (Phi) is 3.03. The summed E-state index contributed by atoms with van der Waals surface area (Å²) in [5.41, 5.74) is 0.131. The molecule has 0 unspecified atom stereocenters. The highest BCUT2D eigenvalue weighted by Gasteiger charge is 2.50. The SMILES string of the molecule is O=C(NCc1ccoc1)NCC1(C(=O)O)CC1. The lowest BCUT2D eigenvalue weighted by molar-refractivity contribution is -0.143. The van der Waals surface area contributed by atoms with Crippen LogP contribution in [0, 0.1) is 5.41 Å². The van der Waals surface area contributed by atoms with Gasteiger partial charge in [0.2, 0.25) is 0 Å². The fourth-order valence-corrected chi connectivity index (χ4v) is 1.50. The summed E-state index contributed by atoms with van der Waals surface area (Å²) in [6.45, 7) is 0.544. The van der Waals surface area contributed by atoms with Gasteiger partial charge in [0.15, 0.2) is 0 Å². The second kappa shape index (κ2) is 4.48. The van der Waals surface area contributed by atoms with Crippen molar-refractivity contribution in [2.45, 2.75) is 19.4 Å². The minimum absolute atomic E-state index is 0.180. The van der Waals surface area contributed by atoms with E-state index >= 15 is 0 Å². The summed E-state index contributed by atoms with van der Waals surface area (Å²) in [6, 6.07) is 1.39. The molecule has 0 aliphatic heterocycles. The molecule has 0 bridgehead atoms. The van der Waals surface area contributed by atoms with Crippen LogP contribution in [0.5, 0.6) is 0 Å². The number of carbonyl (C=O) groups excluding carboxylic acids is 1. The highest BCUT2D eigenvalue weighted by Crippen LogP contribution is 2.45. The molecule has 1 aromatic heterocycles. The Morgan fingerprint density at radius 3 is 2.71 bits per heavy atom. The molecule has 92 valence electrons. The van der Waals surface area contributed by atoms with Crippen LogP contribution in [0.4, 0.5) is 4.79 Å². The molecule has 0 aromatic carbocycles. The maximum atomic E-state index is 11.4. The summed E-state index contributed by atoms with van der Waals surface area (Å²) < 4.78 is 4.85. The minimum atomic E-state index is -0.840. The summed E-state index contributed by atoms with van der Waals surface area (Å²) in [6.07, 6.45) is 4.33. The number of hydrogen-bond acceptors (Lipinski definition) is 3. The Labute approximate surface area is 98.0 Å². The molecule has 0 saturated heterocycles. The average Bonchev–Trinajstić information content (AvgIpc) is 2.93. The van der Waals surface area contributed by atoms with Gasteiger partial charge in [-0.3, -0.25) is 4.79 Å². The van der Waals surface area contributed by atoms with E-state index in [0.29, 0.717) is 19.4 Å². The van der Waals surface area contributed by atoms with Crippen LogP contribution in [0.1, 0.15) is 18.4 Å². The molecule has 1 aliphatic carbocycles. The van der Waals surface area contributed by atoms with E-state index in [1.54, 1.807) is 12.3 Å². The van der Waals surface area contributed by atoms with Crippen LogP contribution < -0.4 is 10.6 Å². The zero-order valence-corrected chi connectivity index (χ0v) is 9.23. The largest absolute Gasteiger partial charge is 0.481 e. The van der Waals surface area contributed by atoms with Crippen molar-refractivity contribution in [3.05, 3.63) is 24.2 Å². The van der Waals surface area contributed by atoms with Crippen molar-refractivity contribution < 1.29 is 19.1 Å². The average molecular weight is 238 g/mol. The molecule has 1 aromatic rings. The first kappa shape index (κ1) is 11.5. The van der Waals surface area contributed by atoms with Crippen molar-refractivity contribution in [2.24, 2.45) is 5.41 Å². The fraction of sp³-hybridized carbons (Fsp3) is 0.455. The number of carboxylic acids is 1. The van der Waals surface area contributed by atoms with E-state index in [4.69, 9.17) is 9.52 Å². The third kappa shape index (κ3) is 2.77. The zero-order valence-electron chi connectivity index (χ0n) is 9.23. The number of urea groups is 1. The lowest BCUT2D eigenvalue weighted by Crippen LogP contribution is -2.40. The molecule has 1 heterocycles. The summed E-state index contributed by atoms with van der Waals surface area (Å²) in [5.74, 6) is -0.840. The summed E-state index contributed by atoms with van der Waals surface area (Å²) >= 11 is 0. The molecule has 0 spiro atoms. The third-order valence-corrected chi connectivity index (χ3v) is 2.93. The molecule has 2 amide bonds. The highest BCUT2D eigenvalue weighted by atomic mass is 16.4. The van der Waals surface area contributed by atoms with Crippen molar-refractivity contribution in [3.63, 3.8) is 0 Å². The number of nitrogens with one attached hydrogen (secondary N) is 2. The van der Waals surface area contributed by atoms with E-state index in [1.165, 1.54) is 6.26 Å². The van der Waals surface area contributed by atoms with Crippen LogP contribution in [0.15, 0.2) is 23.0 Å². The number of hydrogen-bond donors (Lipinski definition) is 3. The van der Waals surface area contributed by atoms with Crippen LogP contribution in [0.3, 0.4) is 0 Å². The van der Waals surface area contributed by atoms with Crippen molar-refractivity contribution in [3.8, 4) is 0 Å². The maximum Gasteiger partial charge on any atom is 0.315 e. The van der Waals surface area contributed by atoms with Crippen LogP contribution in [0.25, 0.3) is 0 Å². The predicted molar refractivity (Wildman–Crippen MR) is 58.2 cm³/mol. The van der Waals surface area contributed by atoms with Gasteiger partial charge in [-0.2, -0.15) is 0 Å². The van der Waals surface area contributed by atoms with Gasteiger partial charge in [-0.25, -0.2) is 4.79 Å². The monoisotopic (exact) mass is 238 g/mol. The predicted octanol–water partition coefficient (Wildman–Crippen LogP) is 0.944. The first-order chi connectivity index (χ1) is 8.12. The number of carbonyl (C=O) groups is 2. The Balaban J connectivity index is 1.70. The lowest BCUT2D eigenvalue weighted by atomic mass is 10.1. The Morgan fingerprint density at radius 2 is 2.18 bits per heavy atom. The molecular weight excluding hydrogens is 224 g/mol. The second-order valence-electron chi connectivity index (χ2n) is 4.25. The van der Waals surface area contributed by atoms with Gasteiger partial charge in [-0.1, -0.05) is 0 Å². The van der Waals surface area contributed by atoms with Crippen LogP contribution in [-0.4, -0.2) is 23.7 Å². The molecule has 2 rings (SSSR count). The van der Waals surface area contributed by atoms with Gasteiger partial charge in [-0.05, 0) is 18.9 Å². The van der Waals surface area contributed by atoms with Crippen molar-refractivity contribution in [1.82, 2.24) is 10.6 Å². The minimum Gasteiger partial charge on any atom is -0.481 e. The van der Waals surface area contributed by atoms with E-state index in [9.17, 15) is 9.59 Å². The van der Waals surface area contributed by atoms with Crippen LogP contribution in [-0.2, 0) is 11.3 Å². The quantitative estimate of drug-likeness (QED) is 0.712. The molecule has 0 atom stereocenters. The highest BCUT2D eigenvalue weighted by molar-refractivity contribution is 5.80. The molecular formula is C11H14N2O4. The number of amides is 2. The van der Waals surface area contributed by atoms with Crippen molar-refractivity contribution in [1.29, 1.82) is 0 Å². The van der Waals surface area contributed by atoms with Crippen LogP contribution in [0.2, 0.25) is 0 Å². The Hall–Kier alpha value is -1.98. The summed E-state index contributed by atoms with van der Waals surface area (Å²) in [4.78, 5) is 22.2. The van der Waals surface area contributed by atoms with Gasteiger partial charge >= 0.3 is 12.0 Å². The molecule has 17 heavy (non-hydrogen) atoms. The van der Waals surface area contributed by atoms with Gasteiger partial charge in [0.25, 0.3) is 0 Å². The molecule has 1 fully saturated rings. The van der Waals surface area contributed by atoms with Gasteiger partial charge < -0.3 is 20.2 Å². The van der Waals surface area contributed by atoms with Gasteiger partial charge in [0.05, 0.1) is 17.9 Å².